The molecule has 1 atom stereocenters. The van der Waals surface area contributed by atoms with Gasteiger partial charge in [-0.3, -0.25) is 14.7 Å². The number of H-pyrrole nitrogens is 1. The topological polar surface area (TPSA) is 117 Å². The lowest BCUT2D eigenvalue weighted by Crippen LogP contribution is -2.53. The average Bonchev–Trinajstić information content (AvgIpc) is 2.98. The third-order valence-electron chi connectivity index (χ3n) is 3.64. The number of methoxy groups -OCH3 is 1. The minimum Gasteiger partial charge on any atom is -0.384 e. The van der Waals surface area contributed by atoms with Crippen LogP contribution >= 0.6 is 0 Å². The summed E-state index contributed by atoms with van der Waals surface area (Å²) >= 11 is 0. The first kappa shape index (κ1) is 20.1. The molecule has 146 valence electrons. The molecule has 1 aromatic rings. The molecular formula is C14H19F3N4O5. The average molecular weight is 380 g/mol. The van der Waals surface area contributed by atoms with Gasteiger partial charge in [0.1, 0.15) is 17.9 Å². The molecule has 2 amide bonds. The normalized spacial score (nSPS) is 21.3. The van der Waals surface area contributed by atoms with Gasteiger partial charge in [-0.15, -0.1) is 0 Å². The van der Waals surface area contributed by atoms with Crippen LogP contribution in [-0.4, -0.2) is 84.2 Å². The number of hydrogen-bond acceptors (Lipinski definition) is 6. The second-order valence-corrected chi connectivity index (χ2v) is 5.88. The fraction of sp³-hybridized carbons (Fsp3) is 0.643. The Hall–Kier alpha value is -2.18. The summed E-state index contributed by atoms with van der Waals surface area (Å²) in [7, 11) is 1.34. The molecule has 0 bridgehead atoms. The van der Waals surface area contributed by atoms with E-state index in [1.165, 1.54) is 7.11 Å². The Morgan fingerprint density at radius 3 is 2.88 bits per heavy atom. The molecule has 2 heterocycles. The van der Waals surface area contributed by atoms with E-state index in [2.05, 4.69) is 15.2 Å². The molecule has 1 aliphatic rings. The summed E-state index contributed by atoms with van der Waals surface area (Å²) in [5.41, 5.74) is -3.17. The van der Waals surface area contributed by atoms with E-state index in [-0.39, 0.29) is 39.5 Å². The number of aliphatic hydroxyl groups is 1. The predicted molar refractivity (Wildman–Crippen MR) is 80.1 cm³/mol. The molecular weight excluding hydrogens is 361 g/mol. The van der Waals surface area contributed by atoms with Crippen molar-refractivity contribution < 1.29 is 37.3 Å². The van der Waals surface area contributed by atoms with Crippen molar-refractivity contribution in [3.63, 3.8) is 0 Å². The van der Waals surface area contributed by atoms with E-state index in [9.17, 15) is 27.9 Å². The standard InChI is InChI=1S/C14H19F3N4O5/c1-25-5-11(22)18-6-13(24)7-21(2-3-26-8-13)12(23)9-4-10(20-19-9)14(15,16)17/h4,24H,2-3,5-8H2,1H3,(H,18,22)(H,19,20)/t13-/m1/s1. The lowest BCUT2D eigenvalue weighted by Gasteiger charge is -2.30. The molecule has 0 spiro atoms. The Bertz CT molecular complexity index is 651. The van der Waals surface area contributed by atoms with Gasteiger partial charge in [-0.05, 0) is 0 Å². The fourth-order valence-corrected chi connectivity index (χ4v) is 2.38. The minimum atomic E-state index is -4.65. The van der Waals surface area contributed by atoms with Crippen molar-refractivity contribution in [1.82, 2.24) is 20.4 Å². The molecule has 12 heteroatoms. The number of carbonyl (C=O) groups excluding carboxylic acids is 2. The highest BCUT2D eigenvalue weighted by molar-refractivity contribution is 5.92. The predicted octanol–water partition coefficient (Wildman–Crippen LogP) is -0.605. The molecule has 2 rings (SSSR count). The number of halogens is 3. The number of carbonyl (C=O) groups is 2. The summed E-state index contributed by atoms with van der Waals surface area (Å²) in [4.78, 5) is 25.0. The Kier molecular flexibility index (Phi) is 6.21. The molecule has 3 N–H and O–H groups in total. The lowest BCUT2D eigenvalue weighted by atomic mass is 10.0. The van der Waals surface area contributed by atoms with Gasteiger partial charge in [0.2, 0.25) is 5.91 Å². The van der Waals surface area contributed by atoms with Gasteiger partial charge in [0.05, 0.1) is 26.3 Å². The van der Waals surface area contributed by atoms with Gasteiger partial charge >= 0.3 is 6.18 Å². The minimum absolute atomic E-state index is 0.0569. The molecule has 0 aliphatic carbocycles. The van der Waals surface area contributed by atoms with Gasteiger partial charge in [-0.25, -0.2) is 0 Å². The highest BCUT2D eigenvalue weighted by Gasteiger charge is 2.37. The van der Waals surface area contributed by atoms with E-state index in [1.54, 1.807) is 5.10 Å². The van der Waals surface area contributed by atoms with E-state index in [0.717, 1.165) is 4.90 Å². The summed E-state index contributed by atoms with van der Waals surface area (Å²) in [6, 6.07) is 0.605. The Morgan fingerprint density at radius 1 is 1.54 bits per heavy atom. The molecule has 1 aliphatic heterocycles. The van der Waals surface area contributed by atoms with E-state index in [0.29, 0.717) is 6.07 Å². The Balaban J connectivity index is 2.07. The monoisotopic (exact) mass is 380 g/mol. The maximum Gasteiger partial charge on any atom is 0.432 e. The van der Waals surface area contributed by atoms with Gasteiger partial charge in [0, 0.05) is 19.7 Å². The van der Waals surface area contributed by atoms with E-state index < -0.39 is 35.0 Å². The number of aromatic nitrogens is 2. The summed E-state index contributed by atoms with van der Waals surface area (Å²) in [5, 5.41) is 18.2. The number of aromatic amines is 1. The Morgan fingerprint density at radius 2 is 2.27 bits per heavy atom. The lowest BCUT2D eigenvalue weighted by molar-refractivity contribution is -0.141. The number of β-amino-alcohol motifs (C(OH)–C–C–N with tert-alkyl or cyclic N) is 1. The third-order valence-corrected chi connectivity index (χ3v) is 3.64. The smallest absolute Gasteiger partial charge is 0.384 e. The highest BCUT2D eigenvalue weighted by atomic mass is 19.4. The largest absolute Gasteiger partial charge is 0.432 e. The number of hydrogen-bond donors (Lipinski definition) is 3. The van der Waals surface area contributed by atoms with Crippen LogP contribution in [0.3, 0.4) is 0 Å². The zero-order valence-electron chi connectivity index (χ0n) is 13.9. The third kappa shape index (κ3) is 5.16. The summed E-state index contributed by atoms with van der Waals surface area (Å²) < 4.78 is 47.8. The van der Waals surface area contributed by atoms with Crippen molar-refractivity contribution >= 4 is 11.8 Å². The zero-order chi connectivity index (χ0) is 19.4. The van der Waals surface area contributed by atoms with Crippen LogP contribution in [0.2, 0.25) is 0 Å². The van der Waals surface area contributed by atoms with Crippen LogP contribution in [0.25, 0.3) is 0 Å². The second-order valence-electron chi connectivity index (χ2n) is 5.88. The van der Waals surface area contributed by atoms with Crippen LogP contribution in [0, 0.1) is 0 Å². The molecule has 1 saturated heterocycles. The first-order valence-electron chi connectivity index (χ1n) is 7.62. The fourth-order valence-electron chi connectivity index (χ4n) is 2.38. The van der Waals surface area contributed by atoms with Gasteiger partial charge in [0.25, 0.3) is 5.91 Å². The first-order valence-corrected chi connectivity index (χ1v) is 7.62. The number of amides is 2. The van der Waals surface area contributed by atoms with Crippen LogP contribution in [0.1, 0.15) is 16.2 Å². The second kappa shape index (κ2) is 8.01. The van der Waals surface area contributed by atoms with E-state index in [4.69, 9.17) is 4.74 Å². The molecule has 0 unspecified atom stereocenters. The molecule has 0 saturated carbocycles. The summed E-state index contributed by atoms with van der Waals surface area (Å²) in [6.45, 7) is -0.676. The van der Waals surface area contributed by atoms with Crippen molar-refractivity contribution in [2.24, 2.45) is 0 Å². The number of alkyl halides is 3. The van der Waals surface area contributed by atoms with Gasteiger partial charge in [-0.1, -0.05) is 0 Å². The maximum absolute atomic E-state index is 12.6. The molecule has 0 aromatic carbocycles. The van der Waals surface area contributed by atoms with Crippen LogP contribution in [0.15, 0.2) is 6.07 Å². The highest BCUT2D eigenvalue weighted by Crippen LogP contribution is 2.28. The number of ether oxygens (including phenoxy) is 2. The summed E-state index contributed by atoms with van der Waals surface area (Å²) in [6.07, 6.45) is -4.65. The van der Waals surface area contributed by atoms with Crippen LogP contribution < -0.4 is 5.32 Å². The van der Waals surface area contributed by atoms with Gasteiger partial charge in [-0.2, -0.15) is 18.3 Å². The van der Waals surface area contributed by atoms with Crippen LogP contribution in [0.5, 0.6) is 0 Å². The number of nitrogens with zero attached hydrogens (tertiary/aromatic N) is 2. The molecule has 1 aromatic heterocycles. The van der Waals surface area contributed by atoms with Crippen LogP contribution in [0.4, 0.5) is 13.2 Å². The van der Waals surface area contributed by atoms with E-state index in [1.807, 2.05) is 0 Å². The van der Waals surface area contributed by atoms with Crippen molar-refractivity contribution in [2.75, 3.05) is 46.6 Å². The molecule has 1 fully saturated rings. The molecule has 26 heavy (non-hydrogen) atoms. The van der Waals surface area contributed by atoms with E-state index >= 15 is 0 Å². The summed E-state index contributed by atoms with van der Waals surface area (Å²) in [5.74, 6) is -1.26. The SMILES string of the molecule is COCC(=O)NC[C@]1(O)COCCN(C(=O)c2cc(C(F)(F)F)[nH]n2)C1. The number of nitrogens with one attached hydrogen (secondary N) is 2. The first-order chi connectivity index (χ1) is 12.1. The van der Waals surface area contributed by atoms with Crippen molar-refractivity contribution in [2.45, 2.75) is 11.8 Å². The van der Waals surface area contributed by atoms with Crippen molar-refractivity contribution in [3.05, 3.63) is 17.5 Å². The van der Waals surface area contributed by atoms with Crippen molar-refractivity contribution in [1.29, 1.82) is 0 Å². The number of rotatable bonds is 5. The van der Waals surface area contributed by atoms with Crippen molar-refractivity contribution in [3.8, 4) is 0 Å². The molecule has 9 nitrogen and oxygen atoms in total. The Labute approximate surface area is 146 Å². The quantitative estimate of drug-likeness (QED) is 0.628. The van der Waals surface area contributed by atoms with Crippen LogP contribution in [-0.2, 0) is 20.4 Å². The van der Waals surface area contributed by atoms with Gasteiger partial charge < -0.3 is 24.8 Å². The zero-order valence-corrected chi connectivity index (χ0v) is 13.9. The van der Waals surface area contributed by atoms with Gasteiger partial charge in [0.15, 0.2) is 5.69 Å². The maximum atomic E-state index is 12.6. The molecule has 0 radical (unpaired) electrons.